The van der Waals surface area contributed by atoms with Crippen LogP contribution < -0.4 is 9.47 Å². The van der Waals surface area contributed by atoms with Gasteiger partial charge in [0.1, 0.15) is 5.75 Å². The highest BCUT2D eigenvalue weighted by molar-refractivity contribution is 5.75. The van der Waals surface area contributed by atoms with E-state index in [2.05, 4.69) is 0 Å². The van der Waals surface area contributed by atoms with Gasteiger partial charge in [-0.3, -0.25) is 4.79 Å². The zero-order valence-electron chi connectivity index (χ0n) is 14.4. The molecule has 1 fully saturated rings. The van der Waals surface area contributed by atoms with Crippen LogP contribution in [0.25, 0.3) is 0 Å². The number of aromatic hydroxyl groups is 1. The van der Waals surface area contributed by atoms with E-state index < -0.39 is 0 Å². The summed E-state index contributed by atoms with van der Waals surface area (Å²) >= 11 is 0. The minimum absolute atomic E-state index is 0.111. The summed E-state index contributed by atoms with van der Waals surface area (Å²) in [6.45, 7) is 0.427. The molecule has 0 unspecified atom stereocenters. The van der Waals surface area contributed by atoms with Crippen molar-refractivity contribution in [3.05, 3.63) is 53.6 Å². The molecule has 0 spiro atoms. The maximum absolute atomic E-state index is 12.2. The van der Waals surface area contributed by atoms with Crippen molar-refractivity contribution in [2.24, 2.45) is 11.8 Å². The van der Waals surface area contributed by atoms with Crippen molar-refractivity contribution < 1.29 is 24.1 Å². The Morgan fingerprint density at radius 1 is 1.00 bits per heavy atom. The van der Waals surface area contributed by atoms with Gasteiger partial charge < -0.3 is 19.3 Å². The van der Waals surface area contributed by atoms with Gasteiger partial charge in [-0.25, -0.2) is 0 Å². The minimum atomic E-state index is -0.183. The van der Waals surface area contributed by atoms with Gasteiger partial charge in [-0.05, 0) is 48.2 Å². The highest BCUT2D eigenvalue weighted by Gasteiger charge is 2.36. The van der Waals surface area contributed by atoms with Crippen molar-refractivity contribution in [3.63, 3.8) is 0 Å². The fourth-order valence-electron chi connectivity index (χ4n) is 3.25. The van der Waals surface area contributed by atoms with Crippen molar-refractivity contribution in [2.45, 2.75) is 12.8 Å². The van der Waals surface area contributed by atoms with Gasteiger partial charge in [0.05, 0.1) is 26.7 Å². The van der Waals surface area contributed by atoms with E-state index >= 15 is 0 Å². The molecule has 0 aliphatic carbocycles. The largest absolute Gasteiger partial charge is 0.508 e. The third kappa shape index (κ3) is 3.87. The van der Waals surface area contributed by atoms with Crippen molar-refractivity contribution >= 4 is 5.97 Å². The molecule has 1 saturated heterocycles. The number of benzene rings is 2. The average molecular weight is 342 g/mol. The van der Waals surface area contributed by atoms with E-state index in [1.54, 1.807) is 26.4 Å². The Morgan fingerprint density at radius 2 is 1.68 bits per heavy atom. The molecule has 1 aliphatic heterocycles. The first-order valence-electron chi connectivity index (χ1n) is 8.26. The molecule has 2 atom stereocenters. The van der Waals surface area contributed by atoms with Crippen LogP contribution in [0.15, 0.2) is 42.5 Å². The van der Waals surface area contributed by atoms with E-state index in [-0.39, 0.29) is 23.6 Å². The molecule has 0 saturated carbocycles. The third-order valence-electron chi connectivity index (χ3n) is 4.65. The Balaban J connectivity index is 1.74. The van der Waals surface area contributed by atoms with Gasteiger partial charge >= 0.3 is 5.97 Å². The van der Waals surface area contributed by atoms with Crippen LogP contribution in [0.2, 0.25) is 0 Å². The van der Waals surface area contributed by atoms with Crippen LogP contribution in [0, 0.1) is 11.8 Å². The first-order chi connectivity index (χ1) is 12.1. The molecule has 1 N–H and O–H groups in total. The van der Waals surface area contributed by atoms with Crippen LogP contribution in [-0.2, 0) is 22.4 Å². The van der Waals surface area contributed by atoms with E-state index in [0.29, 0.717) is 24.5 Å². The third-order valence-corrected chi connectivity index (χ3v) is 4.65. The molecule has 0 amide bonds. The Hall–Kier alpha value is -2.69. The van der Waals surface area contributed by atoms with Gasteiger partial charge in [0.15, 0.2) is 11.5 Å². The number of esters is 1. The topological polar surface area (TPSA) is 65.0 Å². The van der Waals surface area contributed by atoms with E-state index in [4.69, 9.17) is 14.2 Å². The number of methoxy groups -OCH3 is 2. The molecular weight excluding hydrogens is 320 g/mol. The van der Waals surface area contributed by atoms with Crippen molar-refractivity contribution in [1.29, 1.82) is 0 Å². The quantitative estimate of drug-likeness (QED) is 0.818. The number of hydrogen-bond donors (Lipinski definition) is 1. The van der Waals surface area contributed by atoms with E-state index in [1.165, 1.54) is 0 Å². The van der Waals surface area contributed by atoms with E-state index in [0.717, 1.165) is 17.5 Å². The molecule has 0 radical (unpaired) electrons. The predicted octanol–water partition coefficient (Wildman–Crippen LogP) is 2.98. The molecule has 3 rings (SSSR count). The number of carbonyl (C=O) groups excluding carboxylic acids is 1. The first kappa shape index (κ1) is 17.1. The van der Waals surface area contributed by atoms with Crippen molar-refractivity contribution in [3.8, 4) is 17.2 Å². The SMILES string of the molecule is COc1ccc(C[C@H]2COC(=O)[C@H]2Cc2ccc(O)cc2)cc1OC. The van der Waals surface area contributed by atoms with Crippen LogP contribution in [0.5, 0.6) is 17.2 Å². The van der Waals surface area contributed by atoms with Crippen LogP contribution in [0.1, 0.15) is 11.1 Å². The number of hydrogen-bond acceptors (Lipinski definition) is 5. The minimum Gasteiger partial charge on any atom is -0.508 e. The lowest BCUT2D eigenvalue weighted by Gasteiger charge is -2.16. The second kappa shape index (κ2) is 7.47. The number of cyclic esters (lactones) is 1. The highest BCUT2D eigenvalue weighted by atomic mass is 16.5. The smallest absolute Gasteiger partial charge is 0.309 e. The Kier molecular flexibility index (Phi) is 5.12. The Labute approximate surface area is 147 Å². The van der Waals surface area contributed by atoms with Crippen LogP contribution in [-0.4, -0.2) is 31.9 Å². The Bertz CT molecular complexity index is 738. The van der Waals surface area contributed by atoms with Crippen molar-refractivity contribution in [2.75, 3.05) is 20.8 Å². The molecule has 5 heteroatoms. The lowest BCUT2D eigenvalue weighted by molar-refractivity contribution is -0.141. The standard InChI is InChI=1S/C20H22O5/c1-23-18-8-5-14(11-19(18)24-2)9-15-12-25-20(22)17(15)10-13-3-6-16(21)7-4-13/h3-8,11,15,17,21H,9-10,12H2,1-2H3/t15-,17-/m0/s1. The monoisotopic (exact) mass is 342 g/mol. The molecule has 1 aliphatic rings. The van der Waals surface area contributed by atoms with E-state index in [1.807, 2.05) is 30.3 Å². The van der Waals surface area contributed by atoms with Gasteiger partial charge in [-0.1, -0.05) is 18.2 Å². The number of rotatable bonds is 6. The lowest BCUT2D eigenvalue weighted by Crippen LogP contribution is -2.20. The fourth-order valence-corrected chi connectivity index (χ4v) is 3.25. The first-order valence-corrected chi connectivity index (χ1v) is 8.26. The second-order valence-electron chi connectivity index (χ2n) is 6.26. The molecule has 2 aromatic rings. The summed E-state index contributed by atoms with van der Waals surface area (Å²) in [5.41, 5.74) is 2.09. The molecule has 25 heavy (non-hydrogen) atoms. The number of ether oxygens (including phenoxy) is 3. The second-order valence-corrected chi connectivity index (χ2v) is 6.26. The molecule has 132 valence electrons. The molecule has 2 aromatic carbocycles. The summed E-state index contributed by atoms with van der Waals surface area (Å²) in [4.78, 5) is 12.2. The molecule has 1 heterocycles. The van der Waals surface area contributed by atoms with E-state index in [9.17, 15) is 9.90 Å². The van der Waals surface area contributed by atoms with Crippen LogP contribution >= 0.6 is 0 Å². The maximum atomic E-state index is 12.2. The number of phenolic OH excluding ortho intramolecular Hbond substituents is 1. The summed E-state index contributed by atoms with van der Waals surface area (Å²) in [5, 5.41) is 9.39. The number of carbonyl (C=O) groups is 1. The summed E-state index contributed by atoms with van der Waals surface area (Å²) in [6, 6.07) is 12.8. The highest BCUT2D eigenvalue weighted by Crippen LogP contribution is 2.33. The predicted molar refractivity (Wildman–Crippen MR) is 93.0 cm³/mol. The zero-order valence-corrected chi connectivity index (χ0v) is 14.4. The summed E-state index contributed by atoms with van der Waals surface area (Å²) < 4.78 is 15.9. The summed E-state index contributed by atoms with van der Waals surface area (Å²) in [6.07, 6.45) is 1.34. The van der Waals surface area contributed by atoms with Crippen molar-refractivity contribution in [1.82, 2.24) is 0 Å². The fraction of sp³-hybridized carbons (Fsp3) is 0.350. The molecule has 0 aromatic heterocycles. The zero-order chi connectivity index (χ0) is 17.8. The van der Waals surface area contributed by atoms with Gasteiger partial charge in [0, 0.05) is 5.92 Å². The summed E-state index contributed by atoms with van der Waals surface area (Å²) in [7, 11) is 3.21. The molecular formula is C20H22O5. The maximum Gasteiger partial charge on any atom is 0.309 e. The number of phenols is 1. The van der Waals surface area contributed by atoms with Crippen LogP contribution in [0.4, 0.5) is 0 Å². The van der Waals surface area contributed by atoms with Gasteiger partial charge in [-0.2, -0.15) is 0 Å². The van der Waals surface area contributed by atoms with Gasteiger partial charge in [0.25, 0.3) is 0 Å². The normalized spacial score (nSPS) is 19.5. The summed E-state index contributed by atoms with van der Waals surface area (Å²) in [5.74, 6) is 1.36. The van der Waals surface area contributed by atoms with Gasteiger partial charge in [0.2, 0.25) is 0 Å². The average Bonchev–Trinajstić information content (AvgIpc) is 2.96. The Morgan fingerprint density at radius 3 is 2.36 bits per heavy atom. The molecule has 5 nitrogen and oxygen atoms in total. The molecule has 0 bridgehead atoms. The van der Waals surface area contributed by atoms with Gasteiger partial charge in [-0.15, -0.1) is 0 Å². The van der Waals surface area contributed by atoms with Crippen LogP contribution in [0.3, 0.4) is 0 Å². The lowest BCUT2D eigenvalue weighted by atomic mass is 9.85.